The summed E-state index contributed by atoms with van der Waals surface area (Å²) < 4.78 is 9.50. The minimum absolute atomic E-state index is 0.297. The highest BCUT2D eigenvalue weighted by Crippen LogP contribution is 2.28. The maximum absolute atomic E-state index is 12.1. The van der Waals surface area contributed by atoms with Gasteiger partial charge in [-0.1, -0.05) is 36.9 Å². The Morgan fingerprint density at radius 1 is 1.17 bits per heavy atom. The first-order chi connectivity index (χ1) is 14.1. The zero-order valence-electron chi connectivity index (χ0n) is 16.7. The molecule has 0 radical (unpaired) electrons. The molecule has 0 saturated heterocycles. The summed E-state index contributed by atoms with van der Waals surface area (Å²) in [5.41, 5.74) is 5.15. The van der Waals surface area contributed by atoms with E-state index in [1.165, 1.54) is 0 Å². The Bertz CT molecular complexity index is 1040. The number of fused-ring (bicyclic) bond motifs is 1. The Kier molecular flexibility index (Phi) is 7.85. The maximum Gasteiger partial charge on any atom is 0.323 e. The van der Waals surface area contributed by atoms with Crippen LogP contribution in [-0.2, 0) is 0 Å². The second kappa shape index (κ2) is 10.6. The van der Waals surface area contributed by atoms with Crippen LogP contribution in [0.3, 0.4) is 0 Å². The molecule has 6 nitrogen and oxygen atoms in total. The van der Waals surface area contributed by atoms with Crippen molar-refractivity contribution < 1.29 is 9.18 Å². The number of anilines is 1. The molecule has 0 aliphatic carbocycles. The average molecular weight is 393 g/mol. The van der Waals surface area contributed by atoms with Gasteiger partial charge in [0.15, 0.2) is 0 Å². The summed E-state index contributed by atoms with van der Waals surface area (Å²) in [5.74, 6) is 0. The number of aromatic nitrogens is 3. The van der Waals surface area contributed by atoms with E-state index in [1.54, 1.807) is 24.6 Å². The fourth-order valence-corrected chi connectivity index (χ4v) is 2.71. The summed E-state index contributed by atoms with van der Waals surface area (Å²) in [4.78, 5) is 23.9. The highest BCUT2D eigenvalue weighted by Gasteiger charge is 2.10. The van der Waals surface area contributed by atoms with Gasteiger partial charge in [0.1, 0.15) is 12.0 Å². The van der Waals surface area contributed by atoms with Crippen LogP contribution in [0.25, 0.3) is 22.3 Å². The summed E-state index contributed by atoms with van der Waals surface area (Å²) in [7, 11) is 0.500. The molecule has 2 aromatic heterocycles. The highest BCUT2D eigenvalue weighted by atomic mass is 19.1. The molecule has 0 atom stereocenters. The number of allylic oxidation sites excluding steroid dienone is 5. The Morgan fingerprint density at radius 3 is 2.59 bits per heavy atom. The number of nitrogens with zero attached hydrogens (tertiary/aromatic N) is 2. The molecule has 0 bridgehead atoms. The smallest absolute Gasteiger partial charge is 0.323 e. The number of aryl methyl sites for hydroxylation is 1. The molecule has 0 aliphatic rings. The molecule has 0 saturated carbocycles. The van der Waals surface area contributed by atoms with Crippen molar-refractivity contribution >= 4 is 22.8 Å². The first kappa shape index (κ1) is 21.6. The first-order valence-electron chi connectivity index (χ1n) is 8.89. The van der Waals surface area contributed by atoms with Gasteiger partial charge >= 0.3 is 6.03 Å². The van der Waals surface area contributed by atoms with E-state index in [1.807, 2.05) is 50.4 Å². The quantitative estimate of drug-likeness (QED) is 0.515. The molecule has 0 fully saturated rings. The van der Waals surface area contributed by atoms with Crippen LogP contribution in [0.2, 0.25) is 0 Å². The molecule has 150 valence electrons. The number of alkyl halides is 1. The predicted octanol–water partition coefficient (Wildman–Crippen LogP) is 5.29. The van der Waals surface area contributed by atoms with Gasteiger partial charge in [-0.05, 0) is 37.6 Å². The van der Waals surface area contributed by atoms with Crippen molar-refractivity contribution in [2.24, 2.45) is 0 Å². The number of hydrogen-bond acceptors (Lipinski definition) is 3. The van der Waals surface area contributed by atoms with E-state index in [-0.39, 0.29) is 6.03 Å². The maximum atomic E-state index is 12.1. The number of aromatic amines is 1. The minimum atomic E-state index is -0.297. The number of carbonyl (C=O) groups excluding carboxylic acids is 1. The standard InChI is InChI=1S/C21H21N5O.CH3F/c1-4-5-6-7-15(3)25-21(27)26-17-10-8-16(9-11-17)19-18-14(2)12-22-20(18)24-13-23-19;1-2/h4-13H,1H2,2-3H3,(H,22,23,24)(H2,25,26,27);1H3/b6-5-,15-7+;. The fraction of sp³-hybridized carbons (Fsp3) is 0.136. The van der Waals surface area contributed by atoms with Crippen LogP contribution < -0.4 is 10.6 Å². The van der Waals surface area contributed by atoms with Gasteiger partial charge in [0.2, 0.25) is 0 Å². The zero-order valence-corrected chi connectivity index (χ0v) is 16.7. The van der Waals surface area contributed by atoms with Gasteiger partial charge in [-0.25, -0.2) is 14.8 Å². The van der Waals surface area contributed by atoms with E-state index in [9.17, 15) is 9.18 Å². The lowest BCUT2D eigenvalue weighted by Gasteiger charge is -2.09. The van der Waals surface area contributed by atoms with Gasteiger partial charge < -0.3 is 15.6 Å². The average Bonchev–Trinajstić information content (AvgIpc) is 3.11. The number of rotatable bonds is 5. The van der Waals surface area contributed by atoms with E-state index < -0.39 is 0 Å². The lowest BCUT2D eigenvalue weighted by Crippen LogP contribution is -2.26. The molecule has 0 aliphatic heterocycles. The molecule has 2 amide bonds. The van der Waals surface area contributed by atoms with Gasteiger partial charge in [0.05, 0.1) is 12.9 Å². The van der Waals surface area contributed by atoms with Crippen LogP contribution in [0.4, 0.5) is 14.9 Å². The molecule has 3 rings (SSSR count). The highest BCUT2D eigenvalue weighted by molar-refractivity contribution is 5.94. The monoisotopic (exact) mass is 393 g/mol. The molecule has 1 aromatic carbocycles. The van der Waals surface area contributed by atoms with Crippen LogP contribution in [0.15, 0.2) is 73.4 Å². The Balaban J connectivity index is 0.00000145. The molecule has 29 heavy (non-hydrogen) atoms. The number of halogens is 1. The van der Waals surface area contributed by atoms with Crippen LogP contribution >= 0.6 is 0 Å². The number of amides is 2. The number of carbonyl (C=O) groups is 1. The van der Waals surface area contributed by atoms with Crippen molar-refractivity contribution in [2.45, 2.75) is 13.8 Å². The Hall–Kier alpha value is -3.74. The molecular formula is C22H24FN5O. The van der Waals surface area contributed by atoms with Crippen LogP contribution in [0, 0.1) is 6.92 Å². The Labute approximate surface area is 169 Å². The summed E-state index contributed by atoms with van der Waals surface area (Å²) >= 11 is 0. The van der Waals surface area contributed by atoms with Crippen molar-refractivity contribution in [1.29, 1.82) is 0 Å². The van der Waals surface area contributed by atoms with E-state index >= 15 is 0 Å². The van der Waals surface area contributed by atoms with Crippen molar-refractivity contribution in [2.75, 3.05) is 12.5 Å². The second-order valence-electron chi connectivity index (χ2n) is 6.04. The number of urea groups is 1. The predicted molar refractivity (Wildman–Crippen MR) is 116 cm³/mol. The van der Waals surface area contributed by atoms with Gasteiger partial charge in [0.25, 0.3) is 0 Å². The van der Waals surface area contributed by atoms with Crippen LogP contribution in [-0.4, -0.2) is 28.2 Å². The molecule has 0 unspecified atom stereocenters. The topological polar surface area (TPSA) is 82.7 Å². The number of benzene rings is 1. The van der Waals surface area contributed by atoms with Gasteiger partial charge in [-0.3, -0.25) is 4.39 Å². The van der Waals surface area contributed by atoms with E-state index in [0.717, 1.165) is 33.6 Å². The second-order valence-corrected chi connectivity index (χ2v) is 6.04. The normalized spacial score (nSPS) is 11.1. The fourth-order valence-electron chi connectivity index (χ4n) is 2.71. The molecule has 3 aromatic rings. The lowest BCUT2D eigenvalue weighted by atomic mass is 10.1. The largest absolute Gasteiger partial charge is 0.346 e. The molecule has 7 heteroatoms. The molecule has 2 heterocycles. The molecule has 0 spiro atoms. The van der Waals surface area contributed by atoms with Gasteiger partial charge in [-0.15, -0.1) is 0 Å². The van der Waals surface area contributed by atoms with Crippen molar-refractivity contribution in [3.8, 4) is 11.3 Å². The van der Waals surface area contributed by atoms with Crippen LogP contribution in [0.1, 0.15) is 12.5 Å². The van der Waals surface area contributed by atoms with Gasteiger partial charge in [0, 0.05) is 28.5 Å². The first-order valence-corrected chi connectivity index (χ1v) is 8.89. The van der Waals surface area contributed by atoms with E-state index in [2.05, 4.69) is 32.2 Å². The summed E-state index contributed by atoms with van der Waals surface area (Å²) in [5, 5.41) is 6.58. The zero-order chi connectivity index (χ0) is 21.2. The van der Waals surface area contributed by atoms with Crippen molar-refractivity contribution in [3.05, 3.63) is 78.9 Å². The third-order valence-corrected chi connectivity index (χ3v) is 3.99. The lowest BCUT2D eigenvalue weighted by molar-refractivity contribution is 0.254. The number of H-pyrrole nitrogens is 1. The van der Waals surface area contributed by atoms with Crippen molar-refractivity contribution in [1.82, 2.24) is 20.3 Å². The summed E-state index contributed by atoms with van der Waals surface area (Å²) in [6.07, 6.45) is 10.5. The number of hydrogen-bond donors (Lipinski definition) is 3. The molecule has 3 N–H and O–H groups in total. The van der Waals surface area contributed by atoms with Crippen LogP contribution in [0.5, 0.6) is 0 Å². The van der Waals surface area contributed by atoms with Gasteiger partial charge in [-0.2, -0.15) is 0 Å². The number of nitrogens with one attached hydrogen (secondary N) is 3. The third kappa shape index (κ3) is 5.62. The van der Waals surface area contributed by atoms with E-state index in [4.69, 9.17) is 0 Å². The third-order valence-electron chi connectivity index (χ3n) is 3.99. The Morgan fingerprint density at radius 2 is 1.90 bits per heavy atom. The van der Waals surface area contributed by atoms with Crippen molar-refractivity contribution in [3.63, 3.8) is 0 Å². The SMILES string of the molecule is C=C/C=C\C=C(/C)NC(=O)Nc1ccc(-c2ncnc3[nH]cc(C)c23)cc1.CF. The minimum Gasteiger partial charge on any atom is -0.346 e. The molecular weight excluding hydrogens is 369 g/mol. The summed E-state index contributed by atoms with van der Waals surface area (Å²) in [6.45, 7) is 7.43. The summed E-state index contributed by atoms with van der Waals surface area (Å²) in [6, 6.07) is 7.26. The van der Waals surface area contributed by atoms with E-state index in [0.29, 0.717) is 12.9 Å².